The second-order valence-electron chi connectivity index (χ2n) is 7.01. The largest absolute Gasteiger partial charge is 0.449 e. The van der Waals surface area contributed by atoms with Gasteiger partial charge in [-0.25, -0.2) is 4.79 Å². The smallest absolute Gasteiger partial charge is 0.410 e. The van der Waals surface area contributed by atoms with Crippen LogP contribution in [0.5, 0.6) is 0 Å². The van der Waals surface area contributed by atoms with Crippen molar-refractivity contribution in [3.8, 4) is 0 Å². The van der Waals surface area contributed by atoms with Crippen molar-refractivity contribution in [2.45, 2.75) is 58.0 Å². The lowest BCUT2D eigenvalue weighted by atomic mass is 9.92. The summed E-state index contributed by atoms with van der Waals surface area (Å²) in [5.41, 5.74) is 0. The molecule has 3 rings (SSSR count). The monoisotopic (exact) mass is 294 g/mol. The summed E-state index contributed by atoms with van der Waals surface area (Å²) in [6.45, 7) is 6.17. The van der Waals surface area contributed by atoms with Crippen LogP contribution in [0.4, 0.5) is 4.79 Å². The van der Waals surface area contributed by atoms with Crippen LogP contribution < -0.4 is 0 Å². The molecule has 2 saturated heterocycles. The maximum atomic E-state index is 12.3. The lowest BCUT2D eigenvalue weighted by Gasteiger charge is -2.41. The molecule has 3 aliphatic rings. The van der Waals surface area contributed by atoms with E-state index >= 15 is 0 Å². The summed E-state index contributed by atoms with van der Waals surface area (Å²) in [5.74, 6) is 1.31. The second kappa shape index (κ2) is 5.85. The van der Waals surface area contributed by atoms with Crippen molar-refractivity contribution in [2.75, 3.05) is 19.7 Å². The number of likely N-dealkylation sites (tertiary alicyclic amines) is 1. The van der Waals surface area contributed by atoms with E-state index in [1.807, 2.05) is 23.6 Å². The molecule has 5 heteroatoms. The number of cyclic esters (lactones) is 1. The first-order valence-corrected chi connectivity index (χ1v) is 8.29. The summed E-state index contributed by atoms with van der Waals surface area (Å²) in [7, 11) is 0. The minimum Gasteiger partial charge on any atom is -0.449 e. The summed E-state index contributed by atoms with van der Waals surface area (Å²) >= 11 is 0. The molecule has 21 heavy (non-hydrogen) atoms. The topological polar surface area (TPSA) is 49.9 Å². The summed E-state index contributed by atoms with van der Waals surface area (Å²) in [5, 5.41) is 0. The predicted octanol–water partition coefficient (Wildman–Crippen LogP) is 2.25. The molecule has 0 unspecified atom stereocenters. The third kappa shape index (κ3) is 3.16. The number of hydrogen-bond donors (Lipinski definition) is 0. The number of ether oxygens (including phenoxy) is 1. The van der Waals surface area contributed by atoms with E-state index in [4.69, 9.17) is 4.74 Å². The number of amides is 2. The van der Waals surface area contributed by atoms with E-state index in [1.165, 1.54) is 12.8 Å². The predicted molar refractivity (Wildman–Crippen MR) is 78.8 cm³/mol. The first-order valence-electron chi connectivity index (χ1n) is 8.29. The average molecular weight is 294 g/mol. The van der Waals surface area contributed by atoms with Crippen molar-refractivity contribution >= 4 is 12.0 Å². The van der Waals surface area contributed by atoms with Gasteiger partial charge in [0.25, 0.3) is 0 Å². The van der Waals surface area contributed by atoms with Crippen LogP contribution in [0.2, 0.25) is 0 Å². The van der Waals surface area contributed by atoms with Gasteiger partial charge in [-0.3, -0.25) is 4.79 Å². The van der Waals surface area contributed by atoms with Gasteiger partial charge >= 0.3 is 6.09 Å². The number of carbonyl (C=O) groups is 2. The maximum absolute atomic E-state index is 12.3. The van der Waals surface area contributed by atoms with Gasteiger partial charge in [-0.05, 0) is 45.4 Å². The van der Waals surface area contributed by atoms with Crippen molar-refractivity contribution in [1.29, 1.82) is 0 Å². The Bertz CT molecular complexity index is 420. The Balaban J connectivity index is 1.65. The summed E-state index contributed by atoms with van der Waals surface area (Å²) in [6.07, 6.45) is 4.79. The lowest BCUT2D eigenvalue weighted by molar-refractivity contribution is -0.131. The molecule has 2 aliphatic heterocycles. The lowest BCUT2D eigenvalue weighted by Crippen LogP contribution is -2.54. The number of carbonyl (C=O) groups excluding carboxylic acids is 2. The third-order valence-electron chi connectivity index (χ3n) is 5.07. The van der Waals surface area contributed by atoms with Crippen LogP contribution in [0.25, 0.3) is 0 Å². The van der Waals surface area contributed by atoms with E-state index in [1.54, 1.807) is 0 Å². The summed E-state index contributed by atoms with van der Waals surface area (Å²) < 4.78 is 5.33. The molecule has 0 bridgehead atoms. The molecule has 2 heterocycles. The quantitative estimate of drug-likeness (QED) is 0.802. The minimum absolute atomic E-state index is 0.152. The fourth-order valence-corrected chi connectivity index (χ4v) is 3.64. The highest BCUT2D eigenvalue weighted by molar-refractivity contribution is 5.76. The van der Waals surface area contributed by atoms with Crippen molar-refractivity contribution in [1.82, 2.24) is 9.80 Å². The Labute approximate surface area is 126 Å². The van der Waals surface area contributed by atoms with E-state index in [0.29, 0.717) is 24.3 Å². The molecule has 2 atom stereocenters. The minimum atomic E-state index is -0.191. The number of nitrogens with zero attached hydrogens (tertiary/aromatic N) is 2. The van der Waals surface area contributed by atoms with Gasteiger partial charge in [0.1, 0.15) is 0 Å². The highest BCUT2D eigenvalue weighted by Gasteiger charge is 2.40. The van der Waals surface area contributed by atoms with E-state index in [2.05, 4.69) is 0 Å². The van der Waals surface area contributed by atoms with Crippen molar-refractivity contribution in [3.63, 3.8) is 0 Å². The molecule has 0 aromatic carbocycles. The van der Waals surface area contributed by atoms with Gasteiger partial charge in [0.05, 0.1) is 6.61 Å². The number of hydrogen-bond acceptors (Lipinski definition) is 3. The zero-order chi connectivity index (χ0) is 15.0. The zero-order valence-corrected chi connectivity index (χ0v) is 13.1. The fourth-order valence-electron chi connectivity index (χ4n) is 3.64. The molecule has 1 saturated carbocycles. The van der Waals surface area contributed by atoms with Crippen LogP contribution >= 0.6 is 0 Å². The molecule has 0 aromatic heterocycles. The normalized spacial score (nSPS) is 30.0. The van der Waals surface area contributed by atoms with Crippen LogP contribution in [0.1, 0.15) is 46.0 Å². The molecular weight excluding hydrogens is 268 g/mol. The van der Waals surface area contributed by atoms with Crippen LogP contribution in [0.15, 0.2) is 0 Å². The van der Waals surface area contributed by atoms with Gasteiger partial charge in [-0.15, -0.1) is 0 Å². The van der Waals surface area contributed by atoms with Gasteiger partial charge in [-0.1, -0.05) is 0 Å². The van der Waals surface area contributed by atoms with Gasteiger partial charge in [-0.2, -0.15) is 0 Å². The molecule has 3 fully saturated rings. The van der Waals surface area contributed by atoms with Gasteiger partial charge in [0.15, 0.2) is 0 Å². The number of fused-ring (bicyclic) bond motifs is 1. The van der Waals surface area contributed by atoms with Gasteiger partial charge in [0, 0.05) is 37.5 Å². The molecule has 2 amide bonds. The van der Waals surface area contributed by atoms with E-state index in [9.17, 15) is 9.59 Å². The first-order chi connectivity index (χ1) is 10.1. The number of rotatable bonds is 3. The SMILES string of the molecule is CC(C)N1C(=O)OC[C@H]2CCN(C(=O)CC3CC3)CC[C@@H]21. The van der Waals surface area contributed by atoms with Crippen LogP contribution in [-0.4, -0.2) is 53.6 Å². The van der Waals surface area contributed by atoms with Crippen molar-refractivity contribution in [3.05, 3.63) is 0 Å². The van der Waals surface area contributed by atoms with E-state index in [-0.39, 0.29) is 18.2 Å². The van der Waals surface area contributed by atoms with E-state index in [0.717, 1.165) is 32.4 Å². The molecule has 0 spiro atoms. The Morgan fingerprint density at radius 3 is 2.62 bits per heavy atom. The van der Waals surface area contributed by atoms with Crippen LogP contribution in [-0.2, 0) is 9.53 Å². The second-order valence-corrected chi connectivity index (χ2v) is 7.01. The molecule has 1 aliphatic carbocycles. The Morgan fingerprint density at radius 1 is 1.24 bits per heavy atom. The van der Waals surface area contributed by atoms with Gasteiger partial charge < -0.3 is 14.5 Å². The van der Waals surface area contributed by atoms with E-state index < -0.39 is 0 Å². The van der Waals surface area contributed by atoms with Gasteiger partial charge in [0.2, 0.25) is 5.91 Å². The third-order valence-corrected chi connectivity index (χ3v) is 5.07. The van der Waals surface area contributed by atoms with Crippen molar-refractivity contribution in [2.24, 2.45) is 11.8 Å². The highest BCUT2D eigenvalue weighted by Crippen LogP contribution is 2.34. The van der Waals surface area contributed by atoms with Crippen molar-refractivity contribution < 1.29 is 14.3 Å². The summed E-state index contributed by atoms with van der Waals surface area (Å²) in [6, 6.07) is 0.379. The Morgan fingerprint density at radius 2 is 1.95 bits per heavy atom. The Hall–Kier alpha value is -1.26. The molecule has 0 radical (unpaired) electrons. The van der Waals surface area contributed by atoms with Crippen LogP contribution in [0, 0.1) is 11.8 Å². The Kier molecular flexibility index (Phi) is 4.09. The molecule has 0 N–H and O–H groups in total. The highest BCUT2D eigenvalue weighted by atomic mass is 16.6. The zero-order valence-electron chi connectivity index (χ0n) is 13.1. The standard InChI is InChI=1S/C16H26N2O3/c1-11(2)18-14-6-8-17(15(19)9-12-3-4-12)7-5-13(14)10-21-16(18)20/h11-14H,3-10H2,1-2H3/t13-,14+/m1/s1. The maximum Gasteiger partial charge on any atom is 0.410 e. The molecule has 0 aromatic rings. The fraction of sp³-hybridized carbons (Fsp3) is 0.875. The molecule has 5 nitrogen and oxygen atoms in total. The molecular formula is C16H26N2O3. The summed E-state index contributed by atoms with van der Waals surface area (Å²) in [4.78, 5) is 28.2. The average Bonchev–Trinajstić information content (AvgIpc) is 3.24. The first kappa shape index (κ1) is 14.7. The molecule has 118 valence electrons. The van der Waals surface area contributed by atoms with Crippen LogP contribution in [0.3, 0.4) is 0 Å².